The van der Waals surface area contributed by atoms with Crippen LogP contribution in [0.4, 0.5) is 27.6 Å². The molecule has 1 aliphatic rings. The summed E-state index contributed by atoms with van der Waals surface area (Å²) in [7, 11) is 0. The molecule has 1 aliphatic heterocycles. The van der Waals surface area contributed by atoms with Crippen molar-refractivity contribution in [3.05, 3.63) is 65.0 Å². The summed E-state index contributed by atoms with van der Waals surface area (Å²) in [6.45, 7) is 3.68. The Bertz CT molecular complexity index is 825. The molecule has 28 heavy (non-hydrogen) atoms. The standard InChI is InChI=1S/C19H18F5N3O/c20-14-15(21)17(23)19(18(24)16(14)22)25-13(28)11-27-8-6-26(7-9-27)10-12-4-2-1-3-5-12/h1-5H,6-11H2,(H,25,28)/p+2. The molecule has 0 bridgehead atoms. The zero-order chi connectivity index (χ0) is 20.3. The fourth-order valence-electron chi connectivity index (χ4n) is 3.32. The molecule has 2 aromatic rings. The summed E-state index contributed by atoms with van der Waals surface area (Å²) in [6.07, 6.45) is 0. The van der Waals surface area contributed by atoms with Crippen molar-refractivity contribution in [2.45, 2.75) is 6.54 Å². The van der Waals surface area contributed by atoms with Crippen molar-refractivity contribution in [2.75, 3.05) is 38.0 Å². The van der Waals surface area contributed by atoms with Crippen LogP contribution in [0.1, 0.15) is 5.56 Å². The van der Waals surface area contributed by atoms with E-state index >= 15 is 0 Å². The molecular formula is C19H20F5N3O+2. The first-order valence-electron chi connectivity index (χ1n) is 8.89. The van der Waals surface area contributed by atoms with E-state index in [2.05, 4.69) is 0 Å². The lowest BCUT2D eigenvalue weighted by atomic mass is 10.2. The van der Waals surface area contributed by atoms with Crippen LogP contribution in [0, 0.1) is 29.1 Å². The Kier molecular flexibility index (Phi) is 6.25. The Morgan fingerprint density at radius 2 is 1.29 bits per heavy atom. The SMILES string of the molecule is O=C(C[NH+]1CC[NH+](Cc2ccccc2)CC1)Nc1c(F)c(F)c(F)c(F)c1F. The van der Waals surface area contributed by atoms with Gasteiger partial charge in [-0.05, 0) is 0 Å². The average Bonchev–Trinajstić information content (AvgIpc) is 2.70. The van der Waals surface area contributed by atoms with E-state index in [1.165, 1.54) is 10.5 Å². The molecule has 3 N–H and O–H groups in total. The summed E-state index contributed by atoms with van der Waals surface area (Å²) in [5.41, 5.74) is -0.0980. The first kappa shape index (κ1) is 20.2. The van der Waals surface area contributed by atoms with Gasteiger partial charge >= 0.3 is 0 Å². The summed E-state index contributed by atoms with van der Waals surface area (Å²) in [4.78, 5) is 14.3. The van der Waals surface area contributed by atoms with Crippen LogP contribution in [0.25, 0.3) is 0 Å². The maximum Gasteiger partial charge on any atom is 0.279 e. The normalized spacial score (nSPS) is 19.5. The minimum atomic E-state index is -2.25. The van der Waals surface area contributed by atoms with Gasteiger partial charge in [0.05, 0.1) is 0 Å². The van der Waals surface area contributed by atoms with Crippen LogP contribution in [0.2, 0.25) is 0 Å². The first-order valence-corrected chi connectivity index (χ1v) is 8.89. The van der Waals surface area contributed by atoms with Crippen LogP contribution in [-0.2, 0) is 11.3 Å². The van der Waals surface area contributed by atoms with Crippen molar-refractivity contribution in [1.82, 2.24) is 0 Å². The van der Waals surface area contributed by atoms with E-state index in [1.54, 1.807) is 0 Å². The number of hydrogen-bond acceptors (Lipinski definition) is 1. The molecule has 4 nitrogen and oxygen atoms in total. The number of anilines is 1. The van der Waals surface area contributed by atoms with Crippen molar-refractivity contribution in [2.24, 2.45) is 0 Å². The van der Waals surface area contributed by atoms with Gasteiger partial charge in [0.25, 0.3) is 5.91 Å². The van der Waals surface area contributed by atoms with Crippen molar-refractivity contribution in [3.63, 3.8) is 0 Å². The number of rotatable bonds is 5. The Labute approximate surface area is 158 Å². The molecule has 0 aliphatic carbocycles. The summed E-state index contributed by atoms with van der Waals surface area (Å²) >= 11 is 0. The second kappa shape index (κ2) is 8.66. The van der Waals surface area contributed by atoms with Crippen LogP contribution in [0.15, 0.2) is 30.3 Å². The summed E-state index contributed by atoms with van der Waals surface area (Å²) in [6, 6.07) is 9.98. The Morgan fingerprint density at radius 3 is 1.86 bits per heavy atom. The molecule has 1 amide bonds. The van der Waals surface area contributed by atoms with E-state index in [1.807, 2.05) is 35.6 Å². The highest BCUT2D eigenvalue weighted by molar-refractivity contribution is 5.91. The van der Waals surface area contributed by atoms with Crippen molar-refractivity contribution < 1.29 is 36.5 Å². The van der Waals surface area contributed by atoms with Crippen molar-refractivity contribution in [1.29, 1.82) is 0 Å². The van der Waals surface area contributed by atoms with Crippen LogP contribution in [0.3, 0.4) is 0 Å². The molecule has 150 valence electrons. The third-order valence-corrected chi connectivity index (χ3v) is 4.85. The highest BCUT2D eigenvalue weighted by Crippen LogP contribution is 2.26. The van der Waals surface area contributed by atoms with Gasteiger partial charge < -0.3 is 15.1 Å². The van der Waals surface area contributed by atoms with Crippen LogP contribution < -0.4 is 15.1 Å². The predicted octanol–water partition coefficient (Wildman–Crippen LogP) is 0.304. The molecule has 0 atom stereocenters. The van der Waals surface area contributed by atoms with Gasteiger partial charge in [0.1, 0.15) is 38.4 Å². The first-order chi connectivity index (χ1) is 13.4. The third-order valence-electron chi connectivity index (χ3n) is 4.85. The Balaban J connectivity index is 1.54. The number of carbonyl (C=O) groups is 1. The zero-order valence-electron chi connectivity index (χ0n) is 14.9. The zero-order valence-corrected chi connectivity index (χ0v) is 14.9. The monoisotopic (exact) mass is 401 g/mol. The topological polar surface area (TPSA) is 38.0 Å². The van der Waals surface area contributed by atoms with Gasteiger partial charge in [-0.1, -0.05) is 30.3 Å². The number of hydrogen-bond donors (Lipinski definition) is 3. The fraction of sp³-hybridized carbons (Fsp3) is 0.316. The number of carbonyl (C=O) groups excluding carboxylic acids is 1. The van der Waals surface area contributed by atoms with E-state index < -0.39 is 40.7 Å². The van der Waals surface area contributed by atoms with E-state index in [0.29, 0.717) is 13.1 Å². The van der Waals surface area contributed by atoms with Gasteiger partial charge in [-0.2, -0.15) is 0 Å². The molecule has 1 heterocycles. The minimum Gasteiger partial charge on any atom is -0.322 e. The highest BCUT2D eigenvalue weighted by atomic mass is 19.2. The third kappa shape index (κ3) is 4.48. The number of halogens is 5. The van der Waals surface area contributed by atoms with E-state index in [9.17, 15) is 26.7 Å². The maximum atomic E-state index is 13.7. The van der Waals surface area contributed by atoms with Gasteiger partial charge in [-0.25, -0.2) is 22.0 Å². The van der Waals surface area contributed by atoms with E-state index in [0.717, 1.165) is 24.5 Å². The average molecular weight is 401 g/mol. The molecule has 1 saturated heterocycles. The van der Waals surface area contributed by atoms with Gasteiger partial charge in [0.15, 0.2) is 29.8 Å². The summed E-state index contributed by atoms with van der Waals surface area (Å²) < 4.78 is 66.8. The smallest absolute Gasteiger partial charge is 0.279 e. The van der Waals surface area contributed by atoms with Gasteiger partial charge in [-0.15, -0.1) is 0 Å². The molecule has 1 fully saturated rings. The summed E-state index contributed by atoms with van der Waals surface area (Å²) in [5, 5.41) is 1.82. The van der Waals surface area contributed by atoms with Gasteiger partial charge in [0, 0.05) is 5.56 Å². The Morgan fingerprint density at radius 1 is 0.786 bits per heavy atom. The van der Waals surface area contributed by atoms with Crippen LogP contribution >= 0.6 is 0 Å². The quantitative estimate of drug-likeness (QED) is 0.377. The molecule has 9 heteroatoms. The van der Waals surface area contributed by atoms with Gasteiger partial charge in [0.2, 0.25) is 5.82 Å². The molecule has 3 rings (SSSR count). The number of piperazine rings is 1. The number of quaternary nitrogens is 2. The maximum absolute atomic E-state index is 13.7. The second-order valence-electron chi connectivity index (χ2n) is 6.83. The lowest BCUT2D eigenvalue weighted by Crippen LogP contribution is -3.28. The molecular weight excluding hydrogens is 381 g/mol. The molecule has 0 saturated carbocycles. The lowest BCUT2D eigenvalue weighted by Gasteiger charge is -2.29. The summed E-state index contributed by atoms with van der Waals surface area (Å²) in [5.74, 6) is -11.3. The van der Waals surface area contributed by atoms with Crippen LogP contribution in [0.5, 0.6) is 0 Å². The molecule has 0 unspecified atom stereocenters. The highest BCUT2D eigenvalue weighted by Gasteiger charge is 2.29. The largest absolute Gasteiger partial charge is 0.322 e. The molecule has 0 spiro atoms. The molecule has 0 aromatic heterocycles. The predicted molar refractivity (Wildman–Crippen MR) is 91.3 cm³/mol. The number of nitrogens with one attached hydrogen (secondary N) is 3. The minimum absolute atomic E-state index is 0.113. The number of benzene rings is 2. The fourth-order valence-corrected chi connectivity index (χ4v) is 3.32. The Hall–Kier alpha value is -2.52. The second-order valence-corrected chi connectivity index (χ2v) is 6.83. The van der Waals surface area contributed by atoms with E-state index in [4.69, 9.17) is 0 Å². The molecule has 0 radical (unpaired) electrons. The molecule has 2 aromatic carbocycles. The van der Waals surface area contributed by atoms with Crippen LogP contribution in [-0.4, -0.2) is 38.6 Å². The van der Waals surface area contributed by atoms with Gasteiger partial charge in [-0.3, -0.25) is 4.79 Å². The van der Waals surface area contributed by atoms with E-state index in [-0.39, 0.29) is 6.54 Å². The van der Waals surface area contributed by atoms with Crippen molar-refractivity contribution in [3.8, 4) is 0 Å². The lowest BCUT2D eigenvalue weighted by molar-refractivity contribution is -1.02. The van der Waals surface area contributed by atoms with Crippen molar-refractivity contribution >= 4 is 11.6 Å². The number of amides is 1.